The van der Waals surface area contributed by atoms with Gasteiger partial charge < -0.3 is 4.98 Å². The number of aromatic nitrogens is 6. The molecule has 2 heterocycles. The van der Waals surface area contributed by atoms with Gasteiger partial charge in [-0.25, -0.2) is 4.98 Å². The largest absolute Gasteiger partial charge is 0.308 e. The van der Waals surface area contributed by atoms with Crippen molar-refractivity contribution in [1.29, 1.82) is 0 Å². The van der Waals surface area contributed by atoms with Gasteiger partial charge in [-0.15, -0.1) is 10.2 Å². The molecule has 7 nitrogen and oxygen atoms in total. The SMILES string of the molecule is Cc1ccc(-c2nnn([C@H](C)c3nc4ccccc4c(=O)[nH]3)n2)cc1. The average Bonchev–Trinajstić information content (AvgIpc) is 3.12. The number of nitrogens with zero attached hydrogens (tertiary/aromatic N) is 5. The second-order valence-corrected chi connectivity index (χ2v) is 5.94. The summed E-state index contributed by atoms with van der Waals surface area (Å²) >= 11 is 0. The van der Waals surface area contributed by atoms with Gasteiger partial charge in [0.1, 0.15) is 11.9 Å². The van der Waals surface area contributed by atoms with Crippen LogP contribution in [0, 0.1) is 6.92 Å². The van der Waals surface area contributed by atoms with Gasteiger partial charge in [0.15, 0.2) is 0 Å². The van der Waals surface area contributed by atoms with Crippen LogP contribution in [0.3, 0.4) is 0 Å². The van der Waals surface area contributed by atoms with E-state index < -0.39 is 0 Å². The predicted octanol–water partition coefficient (Wildman–Crippen LogP) is 2.49. The van der Waals surface area contributed by atoms with Crippen LogP contribution in [-0.4, -0.2) is 30.2 Å². The average molecular weight is 332 g/mol. The number of para-hydroxylation sites is 1. The van der Waals surface area contributed by atoms with E-state index in [9.17, 15) is 4.79 Å². The molecule has 0 amide bonds. The van der Waals surface area contributed by atoms with E-state index >= 15 is 0 Å². The van der Waals surface area contributed by atoms with Gasteiger partial charge >= 0.3 is 0 Å². The van der Waals surface area contributed by atoms with Crippen LogP contribution in [0.1, 0.15) is 24.4 Å². The Morgan fingerprint density at radius 1 is 1.08 bits per heavy atom. The molecular formula is C18H16N6O. The van der Waals surface area contributed by atoms with Crippen molar-refractivity contribution in [3.8, 4) is 11.4 Å². The fourth-order valence-electron chi connectivity index (χ4n) is 2.62. The molecule has 0 saturated heterocycles. The van der Waals surface area contributed by atoms with Crippen LogP contribution in [0.5, 0.6) is 0 Å². The zero-order chi connectivity index (χ0) is 17.4. The van der Waals surface area contributed by atoms with E-state index in [1.807, 2.05) is 56.3 Å². The van der Waals surface area contributed by atoms with E-state index in [2.05, 4.69) is 25.4 Å². The minimum atomic E-state index is -0.344. The van der Waals surface area contributed by atoms with Crippen molar-refractivity contribution in [3.05, 3.63) is 70.3 Å². The van der Waals surface area contributed by atoms with E-state index in [1.165, 1.54) is 10.4 Å². The molecular weight excluding hydrogens is 316 g/mol. The van der Waals surface area contributed by atoms with Crippen LogP contribution >= 0.6 is 0 Å². The third kappa shape index (κ3) is 2.80. The lowest BCUT2D eigenvalue weighted by Gasteiger charge is -2.09. The van der Waals surface area contributed by atoms with Gasteiger partial charge in [0.2, 0.25) is 5.82 Å². The fraction of sp³-hybridized carbons (Fsp3) is 0.167. The number of aryl methyl sites for hydroxylation is 1. The summed E-state index contributed by atoms with van der Waals surface area (Å²) < 4.78 is 0. The lowest BCUT2D eigenvalue weighted by molar-refractivity contribution is 0.462. The Labute approximate surface area is 143 Å². The molecule has 25 heavy (non-hydrogen) atoms. The highest BCUT2D eigenvalue weighted by atomic mass is 16.1. The predicted molar refractivity (Wildman–Crippen MR) is 94.2 cm³/mol. The quantitative estimate of drug-likeness (QED) is 0.622. The molecule has 0 radical (unpaired) electrons. The van der Waals surface area contributed by atoms with Crippen LogP contribution in [0.25, 0.3) is 22.3 Å². The maximum Gasteiger partial charge on any atom is 0.258 e. The summed E-state index contributed by atoms with van der Waals surface area (Å²) in [6.45, 7) is 3.89. The van der Waals surface area contributed by atoms with E-state index in [4.69, 9.17) is 0 Å². The molecule has 0 aliphatic heterocycles. The first-order valence-corrected chi connectivity index (χ1v) is 7.97. The van der Waals surface area contributed by atoms with Crippen LogP contribution in [0.4, 0.5) is 0 Å². The Hall–Kier alpha value is -3.35. The second-order valence-electron chi connectivity index (χ2n) is 5.94. The first kappa shape index (κ1) is 15.2. The number of hydrogen-bond donors (Lipinski definition) is 1. The fourth-order valence-corrected chi connectivity index (χ4v) is 2.62. The lowest BCUT2D eigenvalue weighted by Crippen LogP contribution is -2.19. The number of fused-ring (bicyclic) bond motifs is 1. The molecule has 0 spiro atoms. The number of H-pyrrole nitrogens is 1. The number of tetrazole rings is 1. The number of hydrogen-bond acceptors (Lipinski definition) is 5. The summed E-state index contributed by atoms with van der Waals surface area (Å²) in [4.78, 5) is 21.0. The Balaban J connectivity index is 1.71. The van der Waals surface area contributed by atoms with Crippen molar-refractivity contribution in [2.75, 3.05) is 0 Å². The van der Waals surface area contributed by atoms with Gasteiger partial charge in [-0.05, 0) is 31.2 Å². The first-order valence-electron chi connectivity index (χ1n) is 7.97. The molecule has 2 aromatic carbocycles. The summed E-state index contributed by atoms with van der Waals surface area (Å²) in [7, 11) is 0. The first-order chi connectivity index (χ1) is 12.1. The molecule has 4 rings (SSSR count). The zero-order valence-electron chi connectivity index (χ0n) is 13.8. The van der Waals surface area contributed by atoms with Gasteiger partial charge in [0.25, 0.3) is 5.56 Å². The van der Waals surface area contributed by atoms with Crippen molar-refractivity contribution in [2.45, 2.75) is 19.9 Å². The zero-order valence-corrected chi connectivity index (χ0v) is 13.8. The molecule has 0 aliphatic rings. The van der Waals surface area contributed by atoms with Crippen molar-refractivity contribution in [3.63, 3.8) is 0 Å². The minimum Gasteiger partial charge on any atom is -0.308 e. The standard InChI is InChI=1S/C18H16N6O/c1-11-7-9-13(10-8-11)17-21-23-24(22-17)12(2)16-19-15-6-4-3-5-14(15)18(25)20-16/h3-10,12H,1-2H3,(H,19,20,25)/t12-/m1/s1. The topological polar surface area (TPSA) is 89.4 Å². The van der Waals surface area contributed by atoms with Crippen molar-refractivity contribution in [1.82, 2.24) is 30.2 Å². The molecule has 0 unspecified atom stereocenters. The molecule has 4 aromatic rings. The van der Waals surface area contributed by atoms with E-state index in [1.54, 1.807) is 6.07 Å². The summed E-state index contributed by atoms with van der Waals surface area (Å²) in [5, 5.41) is 13.2. The molecule has 1 N–H and O–H groups in total. The van der Waals surface area contributed by atoms with Crippen molar-refractivity contribution < 1.29 is 0 Å². The molecule has 0 aliphatic carbocycles. The van der Waals surface area contributed by atoms with E-state index in [0.717, 1.165) is 5.56 Å². The van der Waals surface area contributed by atoms with Gasteiger partial charge in [-0.3, -0.25) is 4.79 Å². The molecule has 0 fully saturated rings. The highest BCUT2D eigenvalue weighted by Crippen LogP contribution is 2.17. The van der Waals surface area contributed by atoms with Crippen LogP contribution < -0.4 is 5.56 Å². The molecule has 0 bridgehead atoms. The Morgan fingerprint density at radius 3 is 2.64 bits per heavy atom. The molecule has 2 aromatic heterocycles. The summed E-state index contributed by atoms with van der Waals surface area (Å²) in [5.41, 5.74) is 2.53. The number of benzene rings is 2. The Kier molecular flexibility index (Phi) is 3.61. The highest BCUT2D eigenvalue weighted by molar-refractivity contribution is 5.77. The normalized spacial score (nSPS) is 12.4. The third-order valence-corrected chi connectivity index (χ3v) is 4.11. The third-order valence-electron chi connectivity index (χ3n) is 4.11. The maximum absolute atomic E-state index is 12.2. The lowest BCUT2D eigenvalue weighted by atomic mass is 10.1. The van der Waals surface area contributed by atoms with Gasteiger partial charge in [0, 0.05) is 5.56 Å². The van der Waals surface area contributed by atoms with E-state index in [-0.39, 0.29) is 11.6 Å². The Morgan fingerprint density at radius 2 is 1.84 bits per heavy atom. The van der Waals surface area contributed by atoms with Gasteiger partial charge in [-0.2, -0.15) is 4.80 Å². The smallest absolute Gasteiger partial charge is 0.258 e. The number of rotatable bonds is 3. The molecule has 0 saturated carbocycles. The van der Waals surface area contributed by atoms with Crippen LogP contribution in [0.15, 0.2) is 53.3 Å². The number of aromatic amines is 1. The van der Waals surface area contributed by atoms with E-state index in [0.29, 0.717) is 22.6 Å². The Bertz CT molecular complexity index is 1100. The monoisotopic (exact) mass is 332 g/mol. The van der Waals surface area contributed by atoms with Crippen molar-refractivity contribution >= 4 is 10.9 Å². The molecule has 124 valence electrons. The number of nitrogens with one attached hydrogen (secondary N) is 1. The summed E-state index contributed by atoms with van der Waals surface area (Å²) in [6.07, 6.45) is 0. The van der Waals surface area contributed by atoms with Crippen LogP contribution in [-0.2, 0) is 0 Å². The minimum absolute atomic E-state index is 0.175. The van der Waals surface area contributed by atoms with Crippen molar-refractivity contribution in [2.24, 2.45) is 0 Å². The second kappa shape index (κ2) is 5.94. The summed E-state index contributed by atoms with van der Waals surface area (Å²) in [6, 6.07) is 14.8. The highest BCUT2D eigenvalue weighted by Gasteiger charge is 2.16. The maximum atomic E-state index is 12.2. The van der Waals surface area contributed by atoms with Gasteiger partial charge in [-0.1, -0.05) is 42.0 Å². The molecule has 1 atom stereocenters. The van der Waals surface area contributed by atoms with Crippen LogP contribution in [0.2, 0.25) is 0 Å². The van der Waals surface area contributed by atoms with Gasteiger partial charge in [0.05, 0.1) is 10.9 Å². The summed E-state index contributed by atoms with van der Waals surface area (Å²) in [5.74, 6) is 1.03. The molecule has 7 heteroatoms.